The van der Waals surface area contributed by atoms with E-state index in [4.69, 9.17) is 19.6 Å². The van der Waals surface area contributed by atoms with Crippen molar-refractivity contribution in [1.29, 1.82) is 0 Å². The van der Waals surface area contributed by atoms with Crippen LogP contribution in [-0.4, -0.2) is 25.5 Å². The Hall–Kier alpha value is -2.96. The first kappa shape index (κ1) is 18.4. The molecule has 1 aromatic heterocycles. The molecule has 0 fully saturated rings. The van der Waals surface area contributed by atoms with E-state index in [1.165, 1.54) is 7.11 Å². The molecule has 134 valence electrons. The number of rotatable bonds is 7. The van der Waals surface area contributed by atoms with Crippen molar-refractivity contribution in [2.75, 3.05) is 13.7 Å². The second-order valence-corrected chi connectivity index (χ2v) is 5.64. The predicted molar refractivity (Wildman–Crippen MR) is 91.8 cm³/mol. The van der Waals surface area contributed by atoms with Crippen LogP contribution < -0.4 is 20.5 Å². The summed E-state index contributed by atoms with van der Waals surface area (Å²) < 4.78 is 16.0. The lowest BCUT2D eigenvalue weighted by molar-refractivity contribution is -0.119. The van der Waals surface area contributed by atoms with Gasteiger partial charge in [0.2, 0.25) is 0 Å². The van der Waals surface area contributed by atoms with Gasteiger partial charge in [0, 0.05) is 12.1 Å². The molecule has 0 aliphatic carbocycles. The Morgan fingerprint density at radius 1 is 1.16 bits per heavy atom. The van der Waals surface area contributed by atoms with Gasteiger partial charge in [-0.25, -0.2) is 0 Å². The second kappa shape index (κ2) is 7.74. The minimum atomic E-state index is -0.570. The van der Waals surface area contributed by atoms with Crippen LogP contribution in [0, 0.1) is 20.8 Å². The Morgan fingerprint density at radius 2 is 1.88 bits per heavy atom. The van der Waals surface area contributed by atoms with Crippen molar-refractivity contribution >= 4 is 11.8 Å². The van der Waals surface area contributed by atoms with E-state index in [2.05, 4.69) is 5.32 Å². The monoisotopic (exact) mass is 346 g/mol. The van der Waals surface area contributed by atoms with E-state index in [9.17, 15) is 9.59 Å². The molecule has 3 N–H and O–H groups in total. The fourth-order valence-corrected chi connectivity index (χ4v) is 2.49. The quantitative estimate of drug-likeness (QED) is 0.798. The molecule has 2 aromatic rings. The maximum atomic E-state index is 12.4. The van der Waals surface area contributed by atoms with Crippen molar-refractivity contribution in [2.24, 2.45) is 5.73 Å². The topological polar surface area (TPSA) is 104 Å². The largest absolute Gasteiger partial charge is 0.493 e. The highest BCUT2D eigenvalue weighted by atomic mass is 16.5. The third-order valence-corrected chi connectivity index (χ3v) is 3.84. The van der Waals surface area contributed by atoms with Crippen LogP contribution in [0.5, 0.6) is 11.5 Å². The SMILES string of the molecule is COc1cc(CNC(=O)c2c(C)oc(C)c2C)ccc1OCC(N)=O. The van der Waals surface area contributed by atoms with Crippen LogP contribution in [0.25, 0.3) is 0 Å². The molecule has 0 aliphatic heterocycles. The lowest BCUT2D eigenvalue weighted by Gasteiger charge is -2.12. The van der Waals surface area contributed by atoms with Crippen LogP contribution in [0.15, 0.2) is 22.6 Å². The van der Waals surface area contributed by atoms with Gasteiger partial charge in [0.1, 0.15) is 11.5 Å². The summed E-state index contributed by atoms with van der Waals surface area (Å²) in [6, 6.07) is 5.18. The van der Waals surface area contributed by atoms with E-state index in [1.807, 2.05) is 13.8 Å². The van der Waals surface area contributed by atoms with Crippen molar-refractivity contribution in [3.8, 4) is 11.5 Å². The van der Waals surface area contributed by atoms with E-state index in [0.29, 0.717) is 29.4 Å². The van der Waals surface area contributed by atoms with Crippen LogP contribution in [0.4, 0.5) is 0 Å². The first-order chi connectivity index (χ1) is 11.8. The van der Waals surface area contributed by atoms with Gasteiger partial charge in [-0.1, -0.05) is 6.07 Å². The number of aryl methyl sites for hydroxylation is 2. The summed E-state index contributed by atoms with van der Waals surface area (Å²) in [5.41, 5.74) is 7.29. The minimum Gasteiger partial charge on any atom is -0.493 e. The molecule has 7 heteroatoms. The fourth-order valence-electron chi connectivity index (χ4n) is 2.49. The van der Waals surface area contributed by atoms with Crippen LogP contribution >= 0.6 is 0 Å². The van der Waals surface area contributed by atoms with Gasteiger partial charge in [0.05, 0.1) is 12.7 Å². The molecule has 2 rings (SSSR count). The standard InChI is InChI=1S/C18H22N2O5/c1-10-11(2)25-12(3)17(10)18(22)20-8-13-5-6-14(15(7-13)23-4)24-9-16(19)21/h5-7H,8-9H2,1-4H3,(H2,19,21)(H,20,22). The summed E-state index contributed by atoms with van der Waals surface area (Å²) in [6.45, 7) is 5.53. The van der Waals surface area contributed by atoms with Gasteiger partial charge >= 0.3 is 0 Å². The molecule has 0 unspecified atom stereocenters. The molecule has 0 aliphatic rings. The summed E-state index contributed by atoms with van der Waals surface area (Å²) >= 11 is 0. The molecule has 25 heavy (non-hydrogen) atoms. The Bertz CT molecular complexity index is 795. The lowest BCUT2D eigenvalue weighted by Crippen LogP contribution is -2.24. The van der Waals surface area contributed by atoms with Gasteiger partial charge in [0.15, 0.2) is 18.1 Å². The van der Waals surface area contributed by atoms with Gasteiger partial charge in [-0.15, -0.1) is 0 Å². The van der Waals surface area contributed by atoms with Gasteiger partial charge in [-0.3, -0.25) is 9.59 Å². The van der Waals surface area contributed by atoms with Crippen LogP contribution in [0.3, 0.4) is 0 Å². The first-order valence-corrected chi connectivity index (χ1v) is 7.76. The number of furan rings is 1. The molecule has 0 saturated carbocycles. The third-order valence-electron chi connectivity index (χ3n) is 3.84. The van der Waals surface area contributed by atoms with E-state index in [0.717, 1.165) is 16.9 Å². The summed E-state index contributed by atoms with van der Waals surface area (Å²) in [5.74, 6) is 1.44. The zero-order valence-corrected chi connectivity index (χ0v) is 14.8. The zero-order valence-electron chi connectivity index (χ0n) is 14.8. The molecular formula is C18H22N2O5. The normalized spacial score (nSPS) is 10.4. The molecule has 0 atom stereocenters. The summed E-state index contributed by atoms with van der Waals surface area (Å²) in [6.07, 6.45) is 0. The highest BCUT2D eigenvalue weighted by molar-refractivity contribution is 5.96. The van der Waals surface area contributed by atoms with Gasteiger partial charge in [0.25, 0.3) is 11.8 Å². The number of carbonyl (C=O) groups excluding carboxylic acids is 2. The van der Waals surface area contributed by atoms with Gasteiger partial charge < -0.3 is 24.9 Å². The number of hydrogen-bond acceptors (Lipinski definition) is 5. The molecule has 1 aromatic carbocycles. The highest BCUT2D eigenvalue weighted by Crippen LogP contribution is 2.28. The Balaban J connectivity index is 2.07. The smallest absolute Gasteiger partial charge is 0.255 e. The Kier molecular flexibility index (Phi) is 5.69. The number of ether oxygens (including phenoxy) is 2. The number of carbonyl (C=O) groups is 2. The van der Waals surface area contributed by atoms with E-state index in [-0.39, 0.29) is 12.5 Å². The fraction of sp³-hybridized carbons (Fsp3) is 0.333. The number of amides is 2. The van der Waals surface area contributed by atoms with Crippen molar-refractivity contribution in [2.45, 2.75) is 27.3 Å². The number of benzene rings is 1. The average molecular weight is 346 g/mol. The predicted octanol–water partition coefficient (Wildman–Crippen LogP) is 2.01. The van der Waals surface area contributed by atoms with Gasteiger partial charge in [-0.2, -0.15) is 0 Å². The Labute approximate surface area is 146 Å². The number of hydrogen-bond donors (Lipinski definition) is 2. The maximum absolute atomic E-state index is 12.4. The maximum Gasteiger partial charge on any atom is 0.255 e. The summed E-state index contributed by atoms with van der Waals surface area (Å²) in [7, 11) is 1.50. The molecule has 7 nitrogen and oxygen atoms in total. The minimum absolute atomic E-state index is 0.195. The van der Waals surface area contributed by atoms with Crippen molar-refractivity contribution in [3.63, 3.8) is 0 Å². The molecule has 0 bridgehead atoms. The molecule has 0 spiro atoms. The number of primary amides is 1. The first-order valence-electron chi connectivity index (χ1n) is 7.76. The third kappa shape index (κ3) is 4.32. The zero-order chi connectivity index (χ0) is 18.6. The molecule has 0 saturated heterocycles. The molecule has 1 heterocycles. The van der Waals surface area contributed by atoms with Crippen LogP contribution in [0.2, 0.25) is 0 Å². The van der Waals surface area contributed by atoms with Gasteiger partial charge in [-0.05, 0) is 38.5 Å². The Morgan fingerprint density at radius 3 is 2.44 bits per heavy atom. The van der Waals surface area contributed by atoms with Crippen molar-refractivity contribution in [1.82, 2.24) is 5.32 Å². The number of methoxy groups -OCH3 is 1. The molecule has 2 amide bonds. The van der Waals surface area contributed by atoms with Crippen LogP contribution in [0.1, 0.15) is 33.0 Å². The van der Waals surface area contributed by atoms with Crippen LogP contribution in [-0.2, 0) is 11.3 Å². The van der Waals surface area contributed by atoms with Crippen molar-refractivity contribution in [3.05, 3.63) is 46.4 Å². The average Bonchev–Trinajstić information content (AvgIpc) is 2.83. The lowest BCUT2D eigenvalue weighted by atomic mass is 10.1. The summed E-state index contributed by atoms with van der Waals surface area (Å²) in [5, 5.41) is 2.86. The molecule has 0 radical (unpaired) electrons. The van der Waals surface area contributed by atoms with E-state index < -0.39 is 5.91 Å². The molecular weight excluding hydrogens is 324 g/mol. The number of nitrogens with two attached hydrogens (primary N) is 1. The highest BCUT2D eigenvalue weighted by Gasteiger charge is 2.18. The second-order valence-electron chi connectivity index (χ2n) is 5.64. The van der Waals surface area contributed by atoms with Crippen molar-refractivity contribution < 1.29 is 23.5 Å². The van der Waals surface area contributed by atoms with E-state index in [1.54, 1.807) is 25.1 Å². The summed E-state index contributed by atoms with van der Waals surface area (Å²) in [4.78, 5) is 23.2. The van der Waals surface area contributed by atoms with E-state index >= 15 is 0 Å². The number of nitrogens with one attached hydrogen (secondary N) is 1.